The van der Waals surface area contributed by atoms with Crippen molar-refractivity contribution in [3.05, 3.63) is 0 Å². The molecule has 1 fully saturated rings. The van der Waals surface area contributed by atoms with Crippen molar-refractivity contribution >= 4 is 0 Å². The highest BCUT2D eigenvalue weighted by Gasteiger charge is 2.13. The number of hydrogen-bond donors (Lipinski definition) is 2. The third kappa shape index (κ3) is 2.67. The summed E-state index contributed by atoms with van der Waals surface area (Å²) >= 11 is 0. The molecule has 0 bridgehead atoms. The Hall–Kier alpha value is -0.0800. The van der Waals surface area contributed by atoms with E-state index in [1.54, 1.807) is 0 Å². The first-order chi connectivity index (χ1) is 4.79. The van der Waals surface area contributed by atoms with Crippen LogP contribution in [0.15, 0.2) is 0 Å². The molecule has 0 saturated carbocycles. The molecule has 1 saturated heterocycles. The Morgan fingerprint density at radius 1 is 1.60 bits per heavy atom. The van der Waals surface area contributed by atoms with Crippen LogP contribution in [0.5, 0.6) is 0 Å². The van der Waals surface area contributed by atoms with E-state index < -0.39 is 0 Å². The van der Waals surface area contributed by atoms with Gasteiger partial charge in [0, 0.05) is 6.04 Å². The molecule has 0 spiro atoms. The van der Waals surface area contributed by atoms with E-state index in [0.29, 0.717) is 6.04 Å². The zero-order valence-corrected chi connectivity index (χ0v) is 6.98. The van der Waals surface area contributed by atoms with Gasteiger partial charge in [0.15, 0.2) is 0 Å². The maximum absolute atomic E-state index is 3.45. The zero-order chi connectivity index (χ0) is 7.40. The third-order valence-electron chi connectivity index (χ3n) is 1.98. The Balaban J connectivity index is 2.01. The van der Waals surface area contributed by atoms with E-state index in [1.807, 2.05) is 0 Å². The summed E-state index contributed by atoms with van der Waals surface area (Å²) in [6.45, 7) is 8.00. The van der Waals surface area contributed by atoms with Crippen molar-refractivity contribution in [2.45, 2.75) is 26.3 Å². The lowest BCUT2D eigenvalue weighted by atomic mass is 10.1. The number of rotatable bonds is 3. The van der Waals surface area contributed by atoms with E-state index in [-0.39, 0.29) is 0 Å². The summed E-state index contributed by atoms with van der Waals surface area (Å²) in [5.41, 5.74) is 0. The molecule has 0 aromatic rings. The van der Waals surface area contributed by atoms with Crippen LogP contribution in [0.25, 0.3) is 0 Å². The van der Waals surface area contributed by atoms with Gasteiger partial charge in [0.2, 0.25) is 0 Å². The van der Waals surface area contributed by atoms with E-state index >= 15 is 0 Å². The van der Waals surface area contributed by atoms with Gasteiger partial charge >= 0.3 is 0 Å². The van der Waals surface area contributed by atoms with Gasteiger partial charge in [-0.1, -0.05) is 13.8 Å². The van der Waals surface area contributed by atoms with Crippen molar-refractivity contribution in [1.29, 1.82) is 0 Å². The van der Waals surface area contributed by atoms with Gasteiger partial charge in [-0.25, -0.2) is 0 Å². The standard InChI is InChI=1S/C8H18N2/c1-7(2)10-6-8-3-4-9-5-8/h7-10H,3-6H2,1-2H3. The quantitative estimate of drug-likeness (QED) is 0.603. The molecule has 2 nitrogen and oxygen atoms in total. The van der Waals surface area contributed by atoms with Crippen molar-refractivity contribution in [2.24, 2.45) is 5.92 Å². The molecule has 1 atom stereocenters. The van der Waals surface area contributed by atoms with Crippen LogP contribution in [0, 0.1) is 5.92 Å². The molecule has 1 unspecified atom stereocenters. The van der Waals surface area contributed by atoms with Crippen LogP contribution in [0.2, 0.25) is 0 Å². The largest absolute Gasteiger partial charge is 0.316 e. The summed E-state index contributed by atoms with van der Waals surface area (Å²) in [4.78, 5) is 0. The van der Waals surface area contributed by atoms with Crippen molar-refractivity contribution in [2.75, 3.05) is 19.6 Å². The Kier molecular flexibility index (Phi) is 3.16. The van der Waals surface area contributed by atoms with Crippen molar-refractivity contribution in [3.8, 4) is 0 Å². The predicted molar refractivity (Wildman–Crippen MR) is 44.1 cm³/mol. The van der Waals surface area contributed by atoms with Crippen LogP contribution in [0.4, 0.5) is 0 Å². The first-order valence-corrected chi connectivity index (χ1v) is 4.23. The van der Waals surface area contributed by atoms with Crippen molar-refractivity contribution in [3.63, 3.8) is 0 Å². The molecular weight excluding hydrogens is 124 g/mol. The molecule has 2 heteroatoms. The molecule has 2 N–H and O–H groups in total. The fraction of sp³-hybridized carbons (Fsp3) is 1.00. The Bertz CT molecular complexity index is 85.3. The topological polar surface area (TPSA) is 24.1 Å². The van der Waals surface area contributed by atoms with Crippen LogP contribution < -0.4 is 10.6 Å². The van der Waals surface area contributed by atoms with E-state index in [0.717, 1.165) is 5.92 Å². The van der Waals surface area contributed by atoms with E-state index in [9.17, 15) is 0 Å². The second-order valence-electron chi connectivity index (χ2n) is 3.42. The monoisotopic (exact) mass is 142 g/mol. The summed E-state index contributed by atoms with van der Waals surface area (Å²) in [6.07, 6.45) is 1.35. The highest BCUT2D eigenvalue weighted by atomic mass is 14.9. The maximum Gasteiger partial charge on any atom is 0.00105 e. The number of hydrogen-bond acceptors (Lipinski definition) is 2. The molecule has 0 amide bonds. The molecule has 60 valence electrons. The van der Waals surface area contributed by atoms with Gasteiger partial charge < -0.3 is 10.6 Å². The van der Waals surface area contributed by atoms with Crippen LogP contribution in [0.1, 0.15) is 20.3 Å². The summed E-state index contributed by atoms with van der Waals surface area (Å²) < 4.78 is 0. The third-order valence-corrected chi connectivity index (χ3v) is 1.98. The molecule has 0 aromatic carbocycles. The summed E-state index contributed by atoms with van der Waals surface area (Å²) in [5.74, 6) is 0.877. The number of nitrogens with one attached hydrogen (secondary N) is 2. The van der Waals surface area contributed by atoms with Crippen molar-refractivity contribution in [1.82, 2.24) is 10.6 Å². The normalized spacial score (nSPS) is 26.1. The minimum absolute atomic E-state index is 0.639. The molecule has 1 aliphatic heterocycles. The minimum atomic E-state index is 0.639. The lowest BCUT2D eigenvalue weighted by molar-refractivity contribution is 0.477. The van der Waals surface area contributed by atoms with Gasteiger partial charge in [-0.3, -0.25) is 0 Å². The minimum Gasteiger partial charge on any atom is -0.316 e. The van der Waals surface area contributed by atoms with Gasteiger partial charge in [-0.05, 0) is 32.0 Å². The van der Waals surface area contributed by atoms with Crippen LogP contribution >= 0.6 is 0 Å². The fourth-order valence-electron chi connectivity index (χ4n) is 1.29. The van der Waals surface area contributed by atoms with Gasteiger partial charge in [0.05, 0.1) is 0 Å². The van der Waals surface area contributed by atoms with Gasteiger partial charge in [0.25, 0.3) is 0 Å². The fourth-order valence-corrected chi connectivity index (χ4v) is 1.29. The second kappa shape index (κ2) is 3.94. The Morgan fingerprint density at radius 2 is 2.40 bits per heavy atom. The first-order valence-electron chi connectivity index (χ1n) is 4.23. The average Bonchev–Trinajstić information content (AvgIpc) is 2.34. The Morgan fingerprint density at radius 3 is 2.90 bits per heavy atom. The SMILES string of the molecule is CC(C)NCC1CCNC1. The lowest BCUT2D eigenvalue weighted by Crippen LogP contribution is -2.29. The molecule has 1 heterocycles. The highest BCUT2D eigenvalue weighted by molar-refractivity contribution is 4.73. The molecule has 0 aliphatic carbocycles. The van der Waals surface area contributed by atoms with E-state index in [4.69, 9.17) is 0 Å². The van der Waals surface area contributed by atoms with E-state index in [1.165, 1.54) is 26.1 Å². The molecular formula is C8H18N2. The van der Waals surface area contributed by atoms with Crippen LogP contribution in [-0.2, 0) is 0 Å². The van der Waals surface area contributed by atoms with Gasteiger partial charge in [0.1, 0.15) is 0 Å². The molecule has 1 aliphatic rings. The smallest absolute Gasteiger partial charge is 0.00105 e. The van der Waals surface area contributed by atoms with Gasteiger partial charge in [-0.2, -0.15) is 0 Å². The first kappa shape index (κ1) is 8.02. The summed E-state index contributed by atoms with van der Waals surface area (Å²) in [6, 6.07) is 0.639. The molecule has 1 rings (SSSR count). The van der Waals surface area contributed by atoms with E-state index in [2.05, 4.69) is 24.5 Å². The maximum atomic E-state index is 3.45. The lowest BCUT2D eigenvalue weighted by Gasteiger charge is -2.11. The predicted octanol–water partition coefficient (Wildman–Crippen LogP) is 0.594. The molecule has 0 radical (unpaired) electrons. The highest BCUT2D eigenvalue weighted by Crippen LogP contribution is 2.05. The van der Waals surface area contributed by atoms with Crippen LogP contribution in [-0.4, -0.2) is 25.7 Å². The van der Waals surface area contributed by atoms with Crippen LogP contribution in [0.3, 0.4) is 0 Å². The summed E-state index contributed by atoms with van der Waals surface area (Å²) in [5, 5.41) is 6.80. The summed E-state index contributed by atoms with van der Waals surface area (Å²) in [7, 11) is 0. The molecule has 10 heavy (non-hydrogen) atoms. The average molecular weight is 142 g/mol. The Labute approximate surface area is 63.4 Å². The molecule has 0 aromatic heterocycles. The van der Waals surface area contributed by atoms with Crippen molar-refractivity contribution < 1.29 is 0 Å². The zero-order valence-electron chi connectivity index (χ0n) is 6.98. The van der Waals surface area contributed by atoms with Gasteiger partial charge in [-0.15, -0.1) is 0 Å². The second-order valence-corrected chi connectivity index (χ2v) is 3.42.